The fourth-order valence-corrected chi connectivity index (χ4v) is 3.75. The van der Waals surface area contributed by atoms with Crippen LogP contribution in [0.15, 0.2) is 0 Å². The van der Waals surface area contributed by atoms with Crippen LogP contribution >= 0.6 is 0 Å². The maximum absolute atomic E-state index is 11.5. The molecule has 1 N–H and O–H groups in total. The first-order valence-electron chi connectivity index (χ1n) is 7.38. The lowest BCUT2D eigenvalue weighted by Gasteiger charge is -2.21. The number of rotatable bonds is 8. The summed E-state index contributed by atoms with van der Waals surface area (Å²) in [5.74, 6) is 2.17. The zero-order valence-corrected chi connectivity index (χ0v) is 12.9. The molecule has 0 radical (unpaired) electrons. The topological polar surface area (TPSA) is 46.2 Å². The SMILES string of the molecule is CCS(=O)(=O)CCCC1CCCC1CNC(C)C. The van der Waals surface area contributed by atoms with Gasteiger partial charge in [0, 0.05) is 11.8 Å². The zero-order chi connectivity index (χ0) is 13.6. The lowest BCUT2D eigenvalue weighted by atomic mass is 9.91. The first-order chi connectivity index (χ1) is 8.44. The fraction of sp³-hybridized carbons (Fsp3) is 1.00. The lowest BCUT2D eigenvalue weighted by Crippen LogP contribution is -2.30. The van der Waals surface area contributed by atoms with E-state index in [0.717, 1.165) is 31.2 Å². The van der Waals surface area contributed by atoms with Crippen molar-refractivity contribution in [1.29, 1.82) is 0 Å². The van der Waals surface area contributed by atoms with Crippen molar-refractivity contribution in [2.45, 2.75) is 58.9 Å². The van der Waals surface area contributed by atoms with Gasteiger partial charge in [0.1, 0.15) is 9.84 Å². The van der Waals surface area contributed by atoms with Crippen LogP contribution in [-0.2, 0) is 9.84 Å². The molecule has 0 aromatic rings. The van der Waals surface area contributed by atoms with Crippen LogP contribution in [-0.4, -0.2) is 32.5 Å². The summed E-state index contributed by atoms with van der Waals surface area (Å²) in [5, 5.41) is 3.52. The van der Waals surface area contributed by atoms with Gasteiger partial charge in [0.15, 0.2) is 0 Å². The van der Waals surface area contributed by atoms with Crippen molar-refractivity contribution in [3.8, 4) is 0 Å². The Morgan fingerprint density at radius 3 is 2.50 bits per heavy atom. The van der Waals surface area contributed by atoms with Crippen molar-refractivity contribution >= 4 is 9.84 Å². The van der Waals surface area contributed by atoms with Crippen LogP contribution in [0.5, 0.6) is 0 Å². The summed E-state index contributed by atoms with van der Waals surface area (Å²) in [4.78, 5) is 0. The standard InChI is InChI=1S/C14H29NO2S/c1-4-18(16,17)10-6-9-13-7-5-8-14(13)11-15-12(2)3/h12-15H,4-11H2,1-3H3. The molecule has 4 heteroatoms. The molecule has 0 aliphatic heterocycles. The highest BCUT2D eigenvalue weighted by Gasteiger charge is 2.26. The molecule has 1 aliphatic carbocycles. The number of hydrogen-bond donors (Lipinski definition) is 1. The van der Waals surface area contributed by atoms with E-state index in [-0.39, 0.29) is 5.75 Å². The average Bonchev–Trinajstić information content (AvgIpc) is 2.74. The van der Waals surface area contributed by atoms with E-state index in [9.17, 15) is 8.42 Å². The van der Waals surface area contributed by atoms with Crippen LogP contribution in [0.2, 0.25) is 0 Å². The highest BCUT2D eigenvalue weighted by molar-refractivity contribution is 7.91. The van der Waals surface area contributed by atoms with E-state index in [0.29, 0.717) is 11.8 Å². The third-order valence-corrected chi connectivity index (χ3v) is 5.87. The van der Waals surface area contributed by atoms with E-state index < -0.39 is 9.84 Å². The van der Waals surface area contributed by atoms with Gasteiger partial charge in [-0.1, -0.05) is 33.6 Å². The van der Waals surface area contributed by atoms with Crippen LogP contribution in [0.1, 0.15) is 52.9 Å². The largest absolute Gasteiger partial charge is 0.314 e. The minimum absolute atomic E-state index is 0.288. The van der Waals surface area contributed by atoms with Gasteiger partial charge in [0.2, 0.25) is 0 Å². The second-order valence-corrected chi connectivity index (χ2v) is 8.37. The van der Waals surface area contributed by atoms with E-state index in [2.05, 4.69) is 19.2 Å². The molecule has 3 nitrogen and oxygen atoms in total. The number of nitrogens with one attached hydrogen (secondary N) is 1. The van der Waals surface area contributed by atoms with Crippen LogP contribution in [0.3, 0.4) is 0 Å². The van der Waals surface area contributed by atoms with Crippen LogP contribution in [0, 0.1) is 11.8 Å². The predicted octanol–water partition coefficient (Wildman–Crippen LogP) is 2.62. The monoisotopic (exact) mass is 275 g/mol. The van der Waals surface area contributed by atoms with Crippen molar-refractivity contribution in [2.75, 3.05) is 18.1 Å². The summed E-state index contributed by atoms with van der Waals surface area (Å²) in [7, 11) is -2.77. The zero-order valence-electron chi connectivity index (χ0n) is 12.1. The molecule has 0 aromatic heterocycles. The predicted molar refractivity (Wildman–Crippen MR) is 77.5 cm³/mol. The molecule has 2 atom stereocenters. The third-order valence-electron chi connectivity index (χ3n) is 4.07. The highest BCUT2D eigenvalue weighted by Crippen LogP contribution is 2.34. The fourth-order valence-electron chi connectivity index (χ4n) is 2.86. The Balaban J connectivity index is 2.28. The van der Waals surface area contributed by atoms with E-state index in [1.165, 1.54) is 19.3 Å². The smallest absolute Gasteiger partial charge is 0.150 e. The van der Waals surface area contributed by atoms with Gasteiger partial charge in [0.25, 0.3) is 0 Å². The summed E-state index contributed by atoms with van der Waals surface area (Å²) in [6.07, 6.45) is 5.85. The number of sulfone groups is 1. The third kappa shape index (κ3) is 5.70. The normalized spacial score (nSPS) is 24.9. The van der Waals surface area contributed by atoms with Gasteiger partial charge in [0.05, 0.1) is 5.75 Å². The molecule has 2 unspecified atom stereocenters. The maximum atomic E-state index is 11.5. The van der Waals surface area contributed by atoms with Gasteiger partial charge in [-0.05, 0) is 37.6 Å². The Labute approximate surface area is 113 Å². The molecule has 0 heterocycles. The summed E-state index contributed by atoms with van der Waals surface area (Å²) in [6, 6.07) is 0.548. The van der Waals surface area contributed by atoms with Gasteiger partial charge < -0.3 is 5.32 Å². The van der Waals surface area contributed by atoms with Crippen molar-refractivity contribution in [1.82, 2.24) is 5.32 Å². The van der Waals surface area contributed by atoms with E-state index in [1.54, 1.807) is 6.92 Å². The van der Waals surface area contributed by atoms with Crippen molar-refractivity contribution in [2.24, 2.45) is 11.8 Å². The van der Waals surface area contributed by atoms with E-state index in [1.807, 2.05) is 0 Å². The van der Waals surface area contributed by atoms with Gasteiger partial charge in [-0.2, -0.15) is 0 Å². The second-order valence-electron chi connectivity index (χ2n) is 5.89. The first kappa shape index (κ1) is 16.0. The van der Waals surface area contributed by atoms with Crippen molar-refractivity contribution in [3.63, 3.8) is 0 Å². The minimum atomic E-state index is -2.77. The van der Waals surface area contributed by atoms with Gasteiger partial charge in [-0.25, -0.2) is 8.42 Å². The van der Waals surface area contributed by atoms with Gasteiger partial charge in [-0.15, -0.1) is 0 Å². The molecule has 108 valence electrons. The number of hydrogen-bond acceptors (Lipinski definition) is 3. The molecule has 0 aromatic carbocycles. The van der Waals surface area contributed by atoms with Crippen molar-refractivity contribution in [3.05, 3.63) is 0 Å². The Hall–Kier alpha value is -0.0900. The Bertz CT molecular complexity index is 325. The van der Waals surface area contributed by atoms with Crippen LogP contribution in [0.25, 0.3) is 0 Å². The molecule has 18 heavy (non-hydrogen) atoms. The molecule has 1 saturated carbocycles. The molecule has 1 rings (SSSR count). The lowest BCUT2D eigenvalue weighted by molar-refractivity contribution is 0.336. The Morgan fingerprint density at radius 1 is 1.22 bits per heavy atom. The molecule has 0 bridgehead atoms. The summed E-state index contributed by atoms with van der Waals surface area (Å²) >= 11 is 0. The molecule has 1 aliphatic rings. The van der Waals surface area contributed by atoms with E-state index >= 15 is 0 Å². The van der Waals surface area contributed by atoms with Gasteiger partial charge in [-0.3, -0.25) is 0 Å². The molecule has 1 fully saturated rings. The summed E-state index contributed by atoms with van der Waals surface area (Å²) in [5.41, 5.74) is 0. The molecule has 0 saturated heterocycles. The minimum Gasteiger partial charge on any atom is -0.314 e. The van der Waals surface area contributed by atoms with Crippen LogP contribution < -0.4 is 5.32 Å². The maximum Gasteiger partial charge on any atom is 0.150 e. The average molecular weight is 275 g/mol. The molecule has 0 spiro atoms. The molecular weight excluding hydrogens is 246 g/mol. The Morgan fingerprint density at radius 2 is 1.89 bits per heavy atom. The van der Waals surface area contributed by atoms with Gasteiger partial charge >= 0.3 is 0 Å². The quantitative estimate of drug-likeness (QED) is 0.740. The van der Waals surface area contributed by atoms with Crippen molar-refractivity contribution < 1.29 is 8.42 Å². The van der Waals surface area contributed by atoms with Crippen LogP contribution in [0.4, 0.5) is 0 Å². The summed E-state index contributed by atoms with van der Waals surface area (Å²) < 4.78 is 22.9. The Kier molecular flexibility index (Phi) is 6.64. The highest BCUT2D eigenvalue weighted by atomic mass is 32.2. The first-order valence-corrected chi connectivity index (χ1v) is 9.20. The molecule has 0 amide bonds. The second kappa shape index (κ2) is 7.49. The molecular formula is C14H29NO2S. The van der Waals surface area contributed by atoms with E-state index in [4.69, 9.17) is 0 Å². The summed E-state index contributed by atoms with van der Waals surface area (Å²) in [6.45, 7) is 7.19.